The number of rotatable bonds is 16. The van der Waals surface area contributed by atoms with Gasteiger partial charge in [-0.3, -0.25) is 20.2 Å². The Morgan fingerprint density at radius 2 is 1.33 bits per heavy atom. The highest BCUT2D eigenvalue weighted by Crippen LogP contribution is 2.11. The van der Waals surface area contributed by atoms with E-state index in [0.717, 1.165) is 38.4 Å². The second kappa shape index (κ2) is 16.9. The first-order valence-electron chi connectivity index (χ1n) is 9.43. The van der Waals surface area contributed by atoms with E-state index in [1.807, 2.05) is 13.0 Å². The van der Waals surface area contributed by atoms with Crippen molar-refractivity contribution in [2.45, 2.75) is 71.1 Å². The molecule has 27 heavy (non-hydrogen) atoms. The molecule has 0 amide bonds. The molecule has 0 saturated heterocycles. The third kappa shape index (κ3) is 14.3. The second-order valence-corrected chi connectivity index (χ2v) is 6.06. The van der Waals surface area contributed by atoms with E-state index < -0.39 is 4.92 Å². The maximum Gasteiger partial charge on any atom is 0.246 e. The van der Waals surface area contributed by atoms with E-state index in [1.165, 1.54) is 6.08 Å². The highest BCUT2D eigenvalue weighted by atomic mass is 16.6. The molecule has 0 N–H and O–H groups in total. The molecule has 150 valence electrons. The molecule has 0 heterocycles. The summed E-state index contributed by atoms with van der Waals surface area (Å²) in [6.07, 6.45) is 17.6. The van der Waals surface area contributed by atoms with Crippen LogP contribution in [0.2, 0.25) is 0 Å². The van der Waals surface area contributed by atoms with Crippen molar-refractivity contribution in [3.05, 3.63) is 68.1 Å². The fourth-order valence-corrected chi connectivity index (χ4v) is 2.33. The molecule has 0 bridgehead atoms. The van der Waals surface area contributed by atoms with E-state index >= 15 is 0 Å². The zero-order valence-corrected chi connectivity index (χ0v) is 16.0. The topological polar surface area (TPSA) is 103 Å². The molecule has 7 nitrogen and oxygen atoms in total. The third-order valence-corrected chi connectivity index (χ3v) is 3.84. The van der Waals surface area contributed by atoms with Crippen molar-refractivity contribution in [3.8, 4) is 0 Å². The first-order valence-corrected chi connectivity index (χ1v) is 9.43. The zero-order chi connectivity index (χ0) is 20.3. The van der Waals surface area contributed by atoms with Gasteiger partial charge in [0, 0.05) is 6.42 Å². The zero-order valence-electron chi connectivity index (χ0n) is 16.0. The van der Waals surface area contributed by atoms with Crippen LogP contribution in [0.1, 0.15) is 71.1 Å². The number of carbonyl (C=O) groups excluding carboxylic acids is 1. The summed E-state index contributed by atoms with van der Waals surface area (Å²) in [5.41, 5.74) is 0.271. The fraction of sp³-hybridized carbons (Fsp3) is 0.550. The molecule has 0 unspecified atom stereocenters. The van der Waals surface area contributed by atoms with Crippen LogP contribution in [0.4, 0.5) is 0 Å². The van der Waals surface area contributed by atoms with Crippen LogP contribution < -0.4 is 0 Å². The number of aldehydes is 1. The van der Waals surface area contributed by atoms with Crippen LogP contribution in [-0.4, -0.2) is 16.1 Å². The normalized spacial score (nSPS) is 12.8. The van der Waals surface area contributed by atoms with Crippen molar-refractivity contribution in [2.75, 3.05) is 0 Å². The Kier molecular flexibility index (Phi) is 15.3. The van der Waals surface area contributed by atoms with E-state index in [2.05, 4.69) is 0 Å². The molecule has 0 aliphatic carbocycles. The molecule has 0 aromatic rings. The molecule has 0 atom stereocenters. The van der Waals surface area contributed by atoms with E-state index in [1.54, 1.807) is 24.3 Å². The summed E-state index contributed by atoms with van der Waals surface area (Å²) >= 11 is 0. The Balaban J connectivity index is 4.38. The van der Waals surface area contributed by atoms with Gasteiger partial charge in [-0.1, -0.05) is 44.1 Å². The first kappa shape index (κ1) is 24.4. The molecule has 0 aromatic heterocycles. The minimum absolute atomic E-state index is 0.129. The Morgan fingerprint density at radius 3 is 1.89 bits per heavy atom. The Bertz CT molecular complexity index is 577. The molecule has 7 heteroatoms. The lowest BCUT2D eigenvalue weighted by atomic mass is 10.1. The lowest BCUT2D eigenvalue weighted by Crippen LogP contribution is -1.98. The van der Waals surface area contributed by atoms with Crippen molar-refractivity contribution in [1.29, 1.82) is 0 Å². The average Bonchev–Trinajstić information content (AvgIpc) is 2.63. The van der Waals surface area contributed by atoms with Gasteiger partial charge in [-0.15, -0.1) is 0 Å². The predicted octanol–water partition coefficient (Wildman–Crippen LogP) is 5.54. The van der Waals surface area contributed by atoms with Gasteiger partial charge in [0.15, 0.2) is 0 Å². The third-order valence-electron chi connectivity index (χ3n) is 3.84. The van der Waals surface area contributed by atoms with Crippen LogP contribution in [0.3, 0.4) is 0 Å². The monoisotopic (exact) mass is 378 g/mol. The Labute approximate surface area is 160 Å². The van der Waals surface area contributed by atoms with Gasteiger partial charge >= 0.3 is 0 Å². The number of hydrogen-bond donors (Lipinski definition) is 0. The summed E-state index contributed by atoms with van der Waals surface area (Å²) in [7, 11) is 0. The van der Waals surface area contributed by atoms with Gasteiger partial charge in [0.05, 0.1) is 22.7 Å². The molecule has 0 saturated carbocycles. The smallest absolute Gasteiger partial charge is 0.246 e. The molecular weight excluding hydrogens is 348 g/mol. The molecule has 0 aromatic carbocycles. The van der Waals surface area contributed by atoms with Crippen LogP contribution in [0.25, 0.3) is 0 Å². The lowest BCUT2D eigenvalue weighted by molar-refractivity contribution is -0.427. The van der Waals surface area contributed by atoms with Crippen LogP contribution in [0, 0.1) is 20.2 Å². The van der Waals surface area contributed by atoms with E-state index in [9.17, 15) is 25.0 Å². The molecule has 0 spiro atoms. The van der Waals surface area contributed by atoms with Gasteiger partial charge in [0.2, 0.25) is 11.4 Å². The molecule has 0 aliphatic rings. The number of allylic oxidation sites excluding steroid dienone is 6. The quantitative estimate of drug-likeness (QED) is 0.115. The number of nitrogens with zero attached hydrogens (tertiary/aromatic N) is 2. The minimum atomic E-state index is -0.398. The maximum absolute atomic E-state index is 11.1. The van der Waals surface area contributed by atoms with Crippen LogP contribution in [0.15, 0.2) is 47.9 Å². The number of nitro groups is 2. The largest absolute Gasteiger partial charge is 0.303 e. The molecular formula is C20H30N2O5. The Morgan fingerprint density at radius 1 is 0.778 bits per heavy atom. The van der Waals surface area contributed by atoms with E-state index in [0.29, 0.717) is 19.3 Å². The lowest BCUT2D eigenvalue weighted by Gasteiger charge is -1.97. The maximum atomic E-state index is 11.1. The number of hydrogen-bond acceptors (Lipinski definition) is 5. The predicted molar refractivity (Wildman–Crippen MR) is 106 cm³/mol. The van der Waals surface area contributed by atoms with Crippen molar-refractivity contribution >= 4 is 6.29 Å². The summed E-state index contributed by atoms with van der Waals surface area (Å²) in [5.74, 6) is 0. The standard InChI is InChI=1S/C20H30N2O5/c1-2-3-9-14-19(21(24)25)16-11-8-12-17-20(22(26)27)15-10-6-4-5-7-13-18-23/h3,8-9,12,15-16,18H,2,4-7,10-11,13-14,17H2,1H3/b9-3-,12-8-,19-16+,20-15+. The first-order chi connectivity index (χ1) is 13.0. The van der Waals surface area contributed by atoms with Crippen molar-refractivity contribution in [1.82, 2.24) is 0 Å². The SMILES string of the molecule is CC/C=C\C/C(=C\C/C=C\C/C(=C\CCCCCCC=O)[N+](=O)[O-])[N+](=O)[O-]. The van der Waals surface area contributed by atoms with Gasteiger partial charge < -0.3 is 4.79 Å². The van der Waals surface area contributed by atoms with Crippen LogP contribution in [0.5, 0.6) is 0 Å². The molecule has 0 fully saturated rings. The van der Waals surface area contributed by atoms with Crippen molar-refractivity contribution < 1.29 is 14.6 Å². The van der Waals surface area contributed by atoms with Gasteiger partial charge in [0.1, 0.15) is 6.29 Å². The van der Waals surface area contributed by atoms with Crippen molar-refractivity contribution in [2.24, 2.45) is 0 Å². The van der Waals surface area contributed by atoms with Gasteiger partial charge in [-0.2, -0.15) is 0 Å². The second-order valence-electron chi connectivity index (χ2n) is 6.06. The summed E-state index contributed by atoms with van der Waals surface area (Å²) in [6, 6.07) is 0. The summed E-state index contributed by atoms with van der Waals surface area (Å²) in [5, 5.41) is 22.0. The van der Waals surface area contributed by atoms with Crippen molar-refractivity contribution in [3.63, 3.8) is 0 Å². The highest BCUT2D eigenvalue weighted by Gasteiger charge is 2.08. The van der Waals surface area contributed by atoms with Crippen LogP contribution in [-0.2, 0) is 4.79 Å². The van der Waals surface area contributed by atoms with Gasteiger partial charge in [-0.05, 0) is 44.3 Å². The molecule has 0 radical (unpaired) electrons. The van der Waals surface area contributed by atoms with Gasteiger partial charge in [0.25, 0.3) is 0 Å². The average molecular weight is 378 g/mol. The number of unbranched alkanes of at least 4 members (excludes halogenated alkanes) is 5. The fourth-order valence-electron chi connectivity index (χ4n) is 2.33. The summed E-state index contributed by atoms with van der Waals surface area (Å²) in [4.78, 5) is 31.4. The minimum Gasteiger partial charge on any atom is -0.303 e. The Hall–Kier alpha value is -2.57. The van der Waals surface area contributed by atoms with E-state index in [-0.39, 0.29) is 29.2 Å². The summed E-state index contributed by atoms with van der Waals surface area (Å²) in [6.45, 7) is 1.96. The summed E-state index contributed by atoms with van der Waals surface area (Å²) < 4.78 is 0. The number of carbonyl (C=O) groups is 1. The van der Waals surface area contributed by atoms with Gasteiger partial charge in [-0.25, -0.2) is 0 Å². The highest BCUT2D eigenvalue weighted by molar-refractivity contribution is 5.48. The van der Waals surface area contributed by atoms with Crippen LogP contribution >= 0.6 is 0 Å². The molecule has 0 aliphatic heterocycles. The van der Waals surface area contributed by atoms with E-state index in [4.69, 9.17) is 0 Å². The molecule has 0 rings (SSSR count).